The van der Waals surface area contributed by atoms with E-state index in [9.17, 15) is 0 Å². The summed E-state index contributed by atoms with van der Waals surface area (Å²) in [5.41, 5.74) is 0. The zero-order valence-corrected chi connectivity index (χ0v) is 11.1. The minimum absolute atomic E-state index is 1.06. The van der Waals surface area contributed by atoms with Crippen LogP contribution in [0.4, 0.5) is 0 Å². The predicted molar refractivity (Wildman–Crippen MR) is 75.5 cm³/mol. The Morgan fingerprint density at radius 3 is 1.69 bits per heavy atom. The standard InChI is InChI=1S/C16H29/c1-3-5-7-9-11-13-15-16-14-12-10-8-6-4-2/h8-11H,1,3-7,12-16H2,2H3. The summed E-state index contributed by atoms with van der Waals surface area (Å²) in [5, 5.41) is 0. The number of rotatable bonds is 11. The van der Waals surface area contributed by atoms with Crippen molar-refractivity contribution in [3.8, 4) is 0 Å². The van der Waals surface area contributed by atoms with Crippen molar-refractivity contribution in [1.82, 2.24) is 0 Å². The lowest BCUT2D eigenvalue weighted by Crippen LogP contribution is -1.75. The van der Waals surface area contributed by atoms with Crippen LogP contribution in [0.2, 0.25) is 0 Å². The van der Waals surface area contributed by atoms with Gasteiger partial charge < -0.3 is 0 Å². The molecule has 0 aliphatic heterocycles. The molecule has 1 radical (unpaired) electrons. The molecule has 0 spiro atoms. The normalized spacial score (nSPS) is 11.9. The Balaban J connectivity index is 3.06. The molecule has 0 heteroatoms. The van der Waals surface area contributed by atoms with E-state index in [1.165, 1.54) is 57.8 Å². The van der Waals surface area contributed by atoms with Crippen LogP contribution in [-0.4, -0.2) is 0 Å². The van der Waals surface area contributed by atoms with Crippen molar-refractivity contribution < 1.29 is 0 Å². The number of hydrogen-bond donors (Lipinski definition) is 0. The first-order valence-corrected chi connectivity index (χ1v) is 7.01. The van der Waals surface area contributed by atoms with Crippen LogP contribution in [0.5, 0.6) is 0 Å². The summed E-state index contributed by atoms with van der Waals surface area (Å²) in [6, 6.07) is 0. The van der Waals surface area contributed by atoms with Gasteiger partial charge in [-0.2, -0.15) is 0 Å². The Kier molecular flexibility index (Phi) is 14.0. The van der Waals surface area contributed by atoms with Crippen LogP contribution in [-0.2, 0) is 0 Å². The molecule has 0 rings (SSSR count). The first-order chi connectivity index (χ1) is 7.91. The van der Waals surface area contributed by atoms with Gasteiger partial charge in [-0.25, -0.2) is 0 Å². The van der Waals surface area contributed by atoms with Gasteiger partial charge in [-0.3, -0.25) is 0 Å². The highest BCUT2D eigenvalue weighted by molar-refractivity contribution is 4.82. The first-order valence-electron chi connectivity index (χ1n) is 7.01. The molecule has 0 aromatic heterocycles. The SMILES string of the molecule is [CH2]CCCC=CCCCCCC=CCCC. The third-order valence-corrected chi connectivity index (χ3v) is 2.65. The van der Waals surface area contributed by atoms with Crippen LogP contribution >= 0.6 is 0 Å². The summed E-state index contributed by atoms with van der Waals surface area (Å²) in [6.45, 7) is 6.06. The van der Waals surface area contributed by atoms with Gasteiger partial charge in [0.05, 0.1) is 0 Å². The summed E-state index contributed by atoms with van der Waals surface area (Å²) in [6.07, 6.45) is 21.9. The molecule has 0 atom stereocenters. The molecule has 93 valence electrons. The predicted octanol–water partition coefficient (Wildman–Crippen LogP) is 5.85. The maximum Gasteiger partial charge on any atom is -0.0351 e. The highest BCUT2D eigenvalue weighted by Crippen LogP contribution is 2.05. The van der Waals surface area contributed by atoms with Crippen molar-refractivity contribution in [2.75, 3.05) is 0 Å². The Morgan fingerprint density at radius 2 is 1.19 bits per heavy atom. The Hall–Kier alpha value is -0.520. The van der Waals surface area contributed by atoms with E-state index < -0.39 is 0 Å². The van der Waals surface area contributed by atoms with E-state index in [0.717, 1.165) is 6.42 Å². The lowest BCUT2D eigenvalue weighted by atomic mass is 10.1. The van der Waals surface area contributed by atoms with Crippen LogP contribution in [0.1, 0.15) is 71.1 Å². The average Bonchev–Trinajstić information content (AvgIpc) is 2.31. The van der Waals surface area contributed by atoms with Gasteiger partial charge in [-0.05, 0) is 44.9 Å². The molecule has 0 fully saturated rings. The van der Waals surface area contributed by atoms with Gasteiger partial charge in [0.2, 0.25) is 0 Å². The van der Waals surface area contributed by atoms with E-state index in [1.54, 1.807) is 0 Å². The van der Waals surface area contributed by atoms with E-state index in [4.69, 9.17) is 0 Å². The topological polar surface area (TPSA) is 0 Å². The summed E-state index contributed by atoms with van der Waals surface area (Å²) in [5.74, 6) is 0. The molecular formula is C16H29. The lowest BCUT2D eigenvalue weighted by Gasteiger charge is -1.95. The monoisotopic (exact) mass is 221 g/mol. The smallest absolute Gasteiger partial charge is 0.0351 e. The summed E-state index contributed by atoms with van der Waals surface area (Å²) in [4.78, 5) is 0. The fraction of sp³-hybridized carbons (Fsp3) is 0.688. The molecule has 0 aliphatic carbocycles. The van der Waals surface area contributed by atoms with Crippen molar-refractivity contribution in [1.29, 1.82) is 0 Å². The largest absolute Gasteiger partial charge is 0.0885 e. The van der Waals surface area contributed by atoms with Crippen LogP contribution < -0.4 is 0 Å². The molecule has 0 amide bonds. The summed E-state index contributed by atoms with van der Waals surface area (Å²) >= 11 is 0. The molecule has 0 unspecified atom stereocenters. The molecular weight excluding hydrogens is 192 g/mol. The molecule has 0 nitrogen and oxygen atoms in total. The second kappa shape index (κ2) is 14.5. The third-order valence-electron chi connectivity index (χ3n) is 2.65. The van der Waals surface area contributed by atoms with E-state index in [-0.39, 0.29) is 0 Å². The maximum absolute atomic E-state index is 3.83. The Bertz CT molecular complexity index is 165. The molecule has 0 saturated carbocycles. The van der Waals surface area contributed by atoms with Crippen molar-refractivity contribution in [2.24, 2.45) is 0 Å². The van der Waals surface area contributed by atoms with Crippen LogP contribution in [0, 0.1) is 6.92 Å². The fourth-order valence-corrected chi connectivity index (χ4v) is 1.60. The van der Waals surface area contributed by atoms with Crippen LogP contribution in [0.15, 0.2) is 24.3 Å². The summed E-state index contributed by atoms with van der Waals surface area (Å²) < 4.78 is 0. The van der Waals surface area contributed by atoms with Gasteiger partial charge in [0, 0.05) is 0 Å². The maximum atomic E-state index is 3.83. The number of hydrogen-bond acceptors (Lipinski definition) is 0. The lowest BCUT2D eigenvalue weighted by molar-refractivity contribution is 0.693. The quantitative estimate of drug-likeness (QED) is 0.303. The molecule has 0 bridgehead atoms. The summed E-state index contributed by atoms with van der Waals surface area (Å²) in [7, 11) is 0. The first kappa shape index (κ1) is 15.5. The average molecular weight is 221 g/mol. The van der Waals surface area contributed by atoms with Gasteiger partial charge in [-0.15, -0.1) is 0 Å². The van der Waals surface area contributed by atoms with E-state index in [0.29, 0.717) is 0 Å². The van der Waals surface area contributed by atoms with Crippen molar-refractivity contribution >= 4 is 0 Å². The number of unbranched alkanes of at least 4 members (excludes halogenated alkanes) is 7. The Morgan fingerprint density at radius 1 is 0.688 bits per heavy atom. The minimum Gasteiger partial charge on any atom is -0.0885 e. The van der Waals surface area contributed by atoms with Gasteiger partial charge in [0.25, 0.3) is 0 Å². The van der Waals surface area contributed by atoms with Crippen LogP contribution in [0.25, 0.3) is 0 Å². The molecule has 0 saturated heterocycles. The highest BCUT2D eigenvalue weighted by atomic mass is 13.9. The highest BCUT2D eigenvalue weighted by Gasteiger charge is 1.86. The zero-order chi connectivity index (χ0) is 11.9. The minimum atomic E-state index is 1.06. The third kappa shape index (κ3) is 13.5. The molecule has 0 N–H and O–H groups in total. The molecule has 16 heavy (non-hydrogen) atoms. The van der Waals surface area contributed by atoms with Crippen molar-refractivity contribution in [3.05, 3.63) is 31.2 Å². The molecule has 0 aromatic rings. The number of allylic oxidation sites excluding steroid dienone is 4. The van der Waals surface area contributed by atoms with Crippen molar-refractivity contribution in [3.63, 3.8) is 0 Å². The second-order valence-corrected chi connectivity index (χ2v) is 4.37. The van der Waals surface area contributed by atoms with E-state index in [2.05, 4.69) is 38.2 Å². The van der Waals surface area contributed by atoms with Crippen LogP contribution in [0.3, 0.4) is 0 Å². The van der Waals surface area contributed by atoms with Crippen molar-refractivity contribution in [2.45, 2.75) is 71.1 Å². The zero-order valence-electron chi connectivity index (χ0n) is 11.1. The Labute approximate surface area is 103 Å². The van der Waals surface area contributed by atoms with Gasteiger partial charge in [0.15, 0.2) is 0 Å². The van der Waals surface area contributed by atoms with E-state index in [1.807, 2.05) is 0 Å². The fourth-order valence-electron chi connectivity index (χ4n) is 1.60. The molecule has 0 aliphatic rings. The molecule has 0 aromatic carbocycles. The van der Waals surface area contributed by atoms with Gasteiger partial charge >= 0.3 is 0 Å². The van der Waals surface area contributed by atoms with Gasteiger partial charge in [0.1, 0.15) is 0 Å². The van der Waals surface area contributed by atoms with E-state index >= 15 is 0 Å². The van der Waals surface area contributed by atoms with Gasteiger partial charge in [-0.1, -0.05) is 57.4 Å². The molecule has 0 heterocycles. The second-order valence-electron chi connectivity index (χ2n) is 4.37.